The number of nitrogens with zero attached hydrogens (tertiary/aromatic N) is 2. The minimum Gasteiger partial charge on any atom is -0.496 e. The molecule has 0 aromatic heterocycles. The number of alkyl halides is 3. The number of carbonyl (C=O) groups is 2. The molecule has 5 rings (SSSR count). The first kappa shape index (κ1) is 28.5. The Morgan fingerprint density at radius 2 is 1.68 bits per heavy atom. The third-order valence-corrected chi connectivity index (χ3v) is 7.61. The van der Waals surface area contributed by atoms with Gasteiger partial charge < -0.3 is 19.7 Å². The van der Waals surface area contributed by atoms with Gasteiger partial charge in [-0.15, -0.1) is 0 Å². The lowest BCUT2D eigenvalue weighted by Gasteiger charge is -2.35. The minimum absolute atomic E-state index is 0.0409. The van der Waals surface area contributed by atoms with Gasteiger partial charge in [-0.1, -0.05) is 54.6 Å². The SMILES string of the molecule is COc1cc2c(cc1C(F)(F)F)N(C(C)C(=O)NC(CN1CCCC1)c1ccc(-c3ccccc3)cc1)C(=O)CO2. The first-order valence-corrected chi connectivity index (χ1v) is 13.6. The number of benzene rings is 3. The van der Waals surface area contributed by atoms with E-state index >= 15 is 0 Å². The van der Waals surface area contributed by atoms with Gasteiger partial charge in [0.15, 0.2) is 6.61 Å². The van der Waals surface area contributed by atoms with Crippen LogP contribution in [-0.2, 0) is 15.8 Å². The Kier molecular flexibility index (Phi) is 8.21. The highest BCUT2D eigenvalue weighted by atomic mass is 19.4. The summed E-state index contributed by atoms with van der Waals surface area (Å²) in [6.45, 7) is 3.51. The monoisotopic (exact) mass is 567 g/mol. The molecule has 10 heteroatoms. The maximum Gasteiger partial charge on any atom is 0.420 e. The number of ether oxygens (including phenoxy) is 2. The average molecular weight is 568 g/mol. The molecule has 7 nitrogen and oxygen atoms in total. The second-order valence-corrected chi connectivity index (χ2v) is 10.3. The molecule has 2 atom stereocenters. The highest BCUT2D eigenvalue weighted by Gasteiger charge is 2.40. The molecule has 2 aliphatic heterocycles. The summed E-state index contributed by atoms with van der Waals surface area (Å²) in [5, 5.41) is 3.07. The van der Waals surface area contributed by atoms with Crippen LogP contribution in [0.15, 0.2) is 66.7 Å². The molecule has 41 heavy (non-hydrogen) atoms. The standard InChI is InChI=1S/C31H32F3N3O4/c1-20(37-26-16-24(31(32,33)34)27(40-2)17-28(26)41-19-29(37)38)30(39)35-25(18-36-14-6-7-15-36)23-12-10-22(11-13-23)21-8-4-3-5-9-21/h3-5,8-13,16-17,20,25H,6-7,14-15,18-19H2,1-2H3,(H,35,39). The van der Waals surface area contributed by atoms with E-state index in [-0.39, 0.29) is 17.5 Å². The Labute approximate surface area is 236 Å². The first-order valence-electron chi connectivity index (χ1n) is 13.6. The zero-order valence-corrected chi connectivity index (χ0v) is 22.9. The number of amides is 2. The van der Waals surface area contributed by atoms with E-state index in [0.29, 0.717) is 6.54 Å². The van der Waals surface area contributed by atoms with Crippen molar-refractivity contribution in [3.8, 4) is 22.6 Å². The summed E-state index contributed by atoms with van der Waals surface area (Å²) < 4.78 is 51.7. The number of anilines is 1. The highest BCUT2D eigenvalue weighted by molar-refractivity contribution is 6.04. The van der Waals surface area contributed by atoms with Crippen LogP contribution in [0.3, 0.4) is 0 Å². The van der Waals surface area contributed by atoms with Gasteiger partial charge in [-0.2, -0.15) is 13.2 Å². The Hall–Kier alpha value is -4.05. The van der Waals surface area contributed by atoms with Crippen molar-refractivity contribution in [1.29, 1.82) is 0 Å². The number of methoxy groups -OCH3 is 1. The molecular weight excluding hydrogens is 535 g/mol. The molecule has 1 N–H and O–H groups in total. The van der Waals surface area contributed by atoms with Gasteiger partial charge in [-0.25, -0.2) is 0 Å². The Bertz CT molecular complexity index is 1390. The predicted molar refractivity (Wildman–Crippen MR) is 149 cm³/mol. The van der Waals surface area contributed by atoms with Crippen LogP contribution >= 0.6 is 0 Å². The van der Waals surface area contributed by atoms with Gasteiger partial charge in [-0.05, 0) is 55.6 Å². The van der Waals surface area contributed by atoms with E-state index in [0.717, 1.165) is 66.8 Å². The summed E-state index contributed by atoms with van der Waals surface area (Å²) >= 11 is 0. The second-order valence-electron chi connectivity index (χ2n) is 10.3. The van der Waals surface area contributed by atoms with Crippen molar-refractivity contribution >= 4 is 17.5 Å². The van der Waals surface area contributed by atoms with Gasteiger partial charge in [0.2, 0.25) is 5.91 Å². The van der Waals surface area contributed by atoms with Crippen LogP contribution in [-0.4, -0.2) is 56.1 Å². The second kappa shape index (κ2) is 11.8. The van der Waals surface area contributed by atoms with Crippen LogP contribution in [0.25, 0.3) is 11.1 Å². The van der Waals surface area contributed by atoms with Crippen LogP contribution < -0.4 is 19.7 Å². The van der Waals surface area contributed by atoms with E-state index in [1.54, 1.807) is 0 Å². The Morgan fingerprint density at radius 3 is 2.32 bits per heavy atom. The van der Waals surface area contributed by atoms with Gasteiger partial charge >= 0.3 is 6.18 Å². The maximum absolute atomic E-state index is 13.8. The van der Waals surface area contributed by atoms with Gasteiger partial charge in [0.1, 0.15) is 17.5 Å². The summed E-state index contributed by atoms with van der Waals surface area (Å²) in [5.74, 6) is -1.47. The molecule has 3 aromatic rings. The van der Waals surface area contributed by atoms with Crippen molar-refractivity contribution < 1.29 is 32.2 Å². The van der Waals surface area contributed by atoms with Crippen LogP contribution in [0.5, 0.6) is 11.5 Å². The summed E-state index contributed by atoms with van der Waals surface area (Å²) in [5.41, 5.74) is 1.84. The fourth-order valence-electron chi connectivity index (χ4n) is 5.42. The molecule has 3 aromatic carbocycles. The Morgan fingerprint density at radius 1 is 1.02 bits per heavy atom. The van der Waals surface area contributed by atoms with Crippen molar-refractivity contribution in [3.63, 3.8) is 0 Å². The van der Waals surface area contributed by atoms with Gasteiger partial charge in [0.25, 0.3) is 5.91 Å². The maximum atomic E-state index is 13.8. The zero-order valence-electron chi connectivity index (χ0n) is 22.9. The molecule has 2 amide bonds. The topological polar surface area (TPSA) is 71.1 Å². The van der Waals surface area contributed by atoms with Crippen molar-refractivity contribution in [2.45, 2.75) is 38.0 Å². The van der Waals surface area contributed by atoms with Crippen LogP contribution in [0.4, 0.5) is 18.9 Å². The van der Waals surface area contributed by atoms with Gasteiger partial charge in [0.05, 0.1) is 24.4 Å². The number of hydrogen-bond donors (Lipinski definition) is 1. The number of carbonyl (C=O) groups excluding carboxylic acids is 2. The van der Waals surface area contributed by atoms with Crippen molar-refractivity contribution in [3.05, 3.63) is 77.9 Å². The zero-order chi connectivity index (χ0) is 29.1. The summed E-state index contributed by atoms with van der Waals surface area (Å²) in [4.78, 5) is 29.9. The molecule has 216 valence electrons. The summed E-state index contributed by atoms with van der Waals surface area (Å²) in [7, 11) is 1.13. The molecule has 2 heterocycles. The van der Waals surface area contributed by atoms with Crippen LogP contribution in [0.1, 0.15) is 36.9 Å². The lowest BCUT2D eigenvalue weighted by Crippen LogP contribution is -2.52. The molecular formula is C31H32F3N3O4. The fourth-order valence-corrected chi connectivity index (χ4v) is 5.42. The fraction of sp³-hybridized carbons (Fsp3) is 0.355. The molecule has 1 fully saturated rings. The normalized spacial score (nSPS) is 17.0. The van der Waals surface area contributed by atoms with E-state index in [1.807, 2.05) is 54.6 Å². The van der Waals surface area contributed by atoms with Crippen LogP contribution in [0, 0.1) is 0 Å². The van der Waals surface area contributed by atoms with E-state index in [4.69, 9.17) is 9.47 Å². The highest BCUT2D eigenvalue weighted by Crippen LogP contribution is 2.45. The quantitative estimate of drug-likeness (QED) is 0.392. The third-order valence-electron chi connectivity index (χ3n) is 7.61. The largest absolute Gasteiger partial charge is 0.496 e. The van der Waals surface area contributed by atoms with Crippen molar-refractivity contribution in [1.82, 2.24) is 10.2 Å². The van der Waals surface area contributed by atoms with Crippen molar-refractivity contribution in [2.24, 2.45) is 0 Å². The third kappa shape index (κ3) is 6.17. The number of rotatable bonds is 8. The van der Waals surface area contributed by atoms with E-state index < -0.39 is 42.0 Å². The number of nitrogens with one attached hydrogen (secondary N) is 1. The predicted octanol–water partition coefficient (Wildman–Crippen LogP) is 5.45. The molecule has 2 unspecified atom stereocenters. The van der Waals surface area contributed by atoms with Gasteiger partial charge in [0, 0.05) is 12.6 Å². The molecule has 0 spiro atoms. The Balaban J connectivity index is 1.41. The lowest BCUT2D eigenvalue weighted by molar-refractivity contribution is -0.139. The molecule has 0 bridgehead atoms. The number of likely N-dealkylation sites (tertiary alicyclic amines) is 1. The smallest absolute Gasteiger partial charge is 0.420 e. The number of fused-ring (bicyclic) bond motifs is 1. The van der Waals surface area contributed by atoms with E-state index in [9.17, 15) is 22.8 Å². The summed E-state index contributed by atoms with van der Waals surface area (Å²) in [6.07, 6.45) is -2.58. The van der Waals surface area contributed by atoms with Crippen molar-refractivity contribution in [2.75, 3.05) is 38.3 Å². The molecule has 0 radical (unpaired) electrons. The minimum atomic E-state index is -4.73. The lowest BCUT2D eigenvalue weighted by atomic mass is 10.00. The summed E-state index contributed by atoms with van der Waals surface area (Å²) in [6, 6.07) is 18.3. The molecule has 0 aliphatic carbocycles. The van der Waals surface area contributed by atoms with E-state index in [2.05, 4.69) is 10.2 Å². The average Bonchev–Trinajstić information content (AvgIpc) is 3.49. The van der Waals surface area contributed by atoms with E-state index in [1.165, 1.54) is 6.92 Å². The number of halogens is 3. The molecule has 0 saturated carbocycles. The number of hydrogen-bond acceptors (Lipinski definition) is 5. The first-order chi connectivity index (χ1) is 19.7. The molecule has 2 aliphatic rings. The molecule has 1 saturated heterocycles. The van der Waals surface area contributed by atoms with Gasteiger partial charge in [-0.3, -0.25) is 14.5 Å². The van der Waals surface area contributed by atoms with Crippen LogP contribution in [0.2, 0.25) is 0 Å².